The van der Waals surface area contributed by atoms with E-state index in [1.165, 1.54) is 29.2 Å². The second-order valence-corrected chi connectivity index (χ2v) is 12.0. The van der Waals surface area contributed by atoms with E-state index < -0.39 is 41.6 Å². The molecule has 12 nitrogen and oxygen atoms in total. The van der Waals surface area contributed by atoms with Gasteiger partial charge in [-0.1, -0.05) is 30.7 Å². The van der Waals surface area contributed by atoms with Crippen molar-refractivity contribution in [2.75, 3.05) is 26.8 Å². The number of nitrogens with zero attached hydrogens (tertiary/aromatic N) is 3. The van der Waals surface area contributed by atoms with Crippen LogP contribution in [0.25, 0.3) is 0 Å². The Hall–Kier alpha value is -5.00. The largest absolute Gasteiger partial charge is 0.497 e. The van der Waals surface area contributed by atoms with Crippen molar-refractivity contribution in [3.63, 3.8) is 0 Å². The predicted molar refractivity (Wildman–Crippen MR) is 179 cm³/mol. The first-order chi connectivity index (χ1) is 23.2. The molecule has 0 aromatic heterocycles. The van der Waals surface area contributed by atoms with Crippen LogP contribution in [0.5, 0.6) is 5.75 Å². The Bertz CT molecular complexity index is 1480. The number of nitroso groups, excluding NO2 is 1. The van der Waals surface area contributed by atoms with Gasteiger partial charge in [0.15, 0.2) is 0 Å². The van der Waals surface area contributed by atoms with Gasteiger partial charge in [-0.05, 0) is 79.7 Å². The highest BCUT2D eigenvalue weighted by atomic mass is 16.5. The molecule has 1 N–H and O–H groups in total. The van der Waals surface area contributed by atoms with Gasteiger partial charge < -0.3 is 29.3 Å². The number of methoxy groups -OCH3 is 1. The summed E-state index contributed by atoms with van der Waals surface area (Å²) in [5.74, 6) is -1.40. The number of benzene rings is 2. The van der Waals surface area contributed by atoms with Gasteiger partial charge in [0.2, 0.25) is 5.91 Å². The van der Waals surface area contributed by atoms with Gasteiger partial charge >= 0.3 is 18.0 Å². The number of likely N-dealkylation sites (tertiary alicyclic amines) is 1. The second kappa shape index (κ2) is 16.7. The molecule has 2 aliphatic rings. The van der Waals surface area contributed by atoms with Crippen LogP contribution in [0.3, 0.4) is 0 Å². The number of hydrogen-bond donors (Lipinski definition) is 1. The molecule has 0 spiro atoms. The summed E-state index contributed by atoms with van der Waals surface area (Å²) in [5.41, 5.74) is -0.0295. The third-order valence-electron chi connectivity index (χ3n) is 8.72. The number of nitrogens with one attached hydrogen (secondary N) is 1. The minimum atomic E-state index is -1.26. The highest BCUT2D eigenvalue weighted by Gasteiger charge is 2.62. The molecule has 4 atom stereocenters. The van der Waals surface area contributed by atoms with E-state index in [0.717, 1.165) is 31.2 Å². The maximum absolute atomic E-state index is 14.4. The molecule has 2 fully saturated rings. The van der Waals surface area contributed by atoms with Crippen molar-refractivity contribution in [3.8, 4) is 5.75 Å². The van der Waals surface area contributed by atoms with E-state index in [2.05, 4.69) is 23.7 Å². The number of carbonyl (C=O) groups excluding carboxylic acids is 4. The lowest BCUT2D eigenvalue weighted by molar-refractivity contribution is -0.149. The molecule has 1 aliphatic heterocycles. The summed E-state index contributed by atoms with van der Waals surface area (Å²) in [6.07, 6.45) is 6.43. The van der Waals surface area contributed by atoms with Gasteiger partial charge in [-0.15, -0.1) is 18.1 Å². The number of esters is 2. The number of hydrogen-bond acceptors (Lipinski definition) is 9. The van der Waals surface area contributed by atoms with Gasteiger partial charge in [-0.25, -0.2) is 14.4 Å². The lowest BCUT2D eigenvalue weighted by Gasteiger charge is -2.32. The first-order valence-corrected chi connectivity index (χ1v) is 16.2. The molecule has 2 aromatic carbocycles. The highest BCUT2D eigenvalue weighted by molar-refractivity contribution is 5.95. The van der Waals surface area contributed by atoms with E-state index in [4.69, 9.17) is 14.2 Å². The molecule has 1 saturated carbocycles. The van der Waals surface area contributed by atoms with Gasteiger partial charge in [-0.3, -0.25) is 4.79 Å². The zero-order valence-electron chi connectivity index (χ0n) is 27.6. The highest BCUT2D eigenvalue weighted by Crippen LogP contribution is 2.45. The van der Waals surface area contributed by atoms with Crippen LogP contribution >= 0.6 is 0 Å². The zero-order valence-corrected chi connectivity index (χ0v) is 27.6. The Labute approximate surface area is 281 Å². The number of ether oxygens (including phenoxy) is 3. The van der Waals surface area contributed by atoms with Gasteiger partial charge in [0.1, 0.15) is 29.1 Å². The summed E-state index contributed by atoms with van der Waals surface area (Å²) in [6.45, 7) is 10.1. The fourth-order valence-electron chi connectivity index (χ4n) is 5.93. The van der Waals surface area contributed by atoms with Crippen LogP contribution < -0.4 is 10.1 Å². The quantitative estimate of drug-likeness (QED) is 0.0987. The van der Waals surface area contributed by atoms with Gasteiger partial charge in [0, 0.05) is 25.4 Å². The molecule has 12 heteroatoms. The molecule has 3 amide bonds. The number of rotatable bonds is 17. The lowest BCUT2D eigenvalue weighted by atomic mass is 10.1. The van der Waals surface area contributed by atoms with Crippen molar-refractivity contribution >= 4 is 29.6 Å². The van der Waals surface area contributed by atoms with E-state index in [0.29, 0.717) is 18.7 Å². The monoisotopic (exact) mass is 660 g/mol. The smallest absolute Gasteiger partial charge is 0.338 e. The summed E-state index contributed by atoms with van der Waals surface area (Å²) in [5, 5.41) is 5.71. The van der Waals surface area contributed by atoms with Crippen LogP contribution in [0.15, 0.2) is 79.0 Å². The van der Waals surface area contributed by atoms with Crippen molar-refractivity contribution in [3.05, 3.63) is 89.9 Å². The van der Waals surface area contributed by atoms with Crippen LogP contribution in [0.2, 0.25) is 0 Å². The van der Waals surface area contributed by atoms with E-state index in [1.807, 2.05) is 30.3 Å². The molecule has 0 bridgehead atoms. The molecule has 0 unspecified atom stereocenters. The molecule has 4 rings (SSSR count). The normalized spacial score (nSPS) is 21.0. The number of unbranched alkanes of at least 4 members (excludes halogenated alkanes) is 3. The molecule has 48 heavy (non-hydrogen) atoms. The van der Waals surface area contributed by atoms with E-state index in [9.17, 15) is 24.1 Å². The maximum Gasteiger partial charge on any atom is 0.338 e. The molecule has 256 valence electrons. The van der Waals surface area contributed by atoms with E-state index in [1.54, 1.807) is 25.0 Å². The van der Waals surface area contributed by atoms with Crippen molar-refractivity contribution < 1.29 is 33.4 Å². The fraction of sp³-hybridized carbons (Fsp3) is 0.444. The Kier molecular flexibility index (Phi) is 12.5. The maximum atomic E-state index is 14.4. The Morgan fingerprint density at radius 3 is 2.40 bits per heavy atom. The first kappa shape index (κ1) is 35.8. The molecule has 2 aromatic rings. The third-order valence-corrected chi connectivity index (χ3v) is 8.72. The SMILES string of the molecule is C=CCCCCCN(Cc1ccc(OC)cc1)C(=O)N1C[C@@H](OC(=O)c2ccc(N=O)cc2)C[C@H]1C(=O)N[C@]1(C(=O)OCC)C[C@H]1C=C. The van der Waals surface area contributed by atoms with Crippen LogP contribution in [0.1, 0.15) is 61.4 Å². The van der Waals surface area contributed by atoms with E-state index in [-0.39, 0.29) is 43.3 Å². The molecule has 1 heterocycles. The summed E-state index contributed by atoms with van der Waals surface area (Å²) < 4.78 is 16.3. The van der Waals surface area contributed by atoms with Crippen LogP contribution in [0, 0.1) is 10.8 Å². The Morgan fingerprint density at radius 1 is 1.06 bits per heavy atom. The number of urea groups is 1. The number of amides is 3. The Morgan fingerprint density at radius 2 is 1.79 bits per heavy atom. The summed E-state index contributed by atoms with van der Waals surface area (Å²) >= 11 is 0. The third kappa shape index (κ3) is 8.67. The standard InChI is InChI=1S/C36H44N4O8/c1-5-8-9-10-11-20-39(23-25-12-18-29(46-4)19-13-25)35(44)40-24-30(48-33(42)26-14-16-28(38-45)17-15-26)21-31(40)32(41)37-36(22-27(36)6-2)34(43)47-7-3/h5-6,12-19,27,30-31H,1-2,7-11,20-24H2,3-4H3,(H,37,41)/t27-,30+,31+,36-/m1/s1. The molecular weight excluding hydrogens is 616 g/mol. The summed E-state index contributed by atoms with van der Waals surface area (Å²) in [7, 11) is 1.58. The van der Waals surface area contributed by atoms with Crippen molar-refractivity contribution in [1.29, 1.82) is 0 Å². The van der Waals surface area contributed by atoms with Crippen LogP contribution in [-0.2, 0) is 25.6 Å². The predicted octanol–water partition coefficient (Wildman–Crippen LogP) is 5.69. The van der Waals surface area contributed by atoms with Crippen molar-refractivity contribution in [2.45, 2.75) is 69.7 Å². The minimum absolute atomic E-state index is 0.0185. The van der Waals surface area contributed by atoms with Gasteiger partial charge in [-0.2, -0.15) is 0 Å². The number of allylic oxidation sites excluding steroid dienone is 1. The number of carbonyl (C=O) groups is 4. The Balaban J connectivity index is 1.59. The van der Waals surface area contributed by atoms with Crippen LogP contribution in [0.4, 0.5) is 10.5 Å². The second-order valence-electron chi connectivity index (χ2n) is 12.0. The molecule has 0 radical (unpaired) electrons. The van der Waals surface area contributed by atoms with Crippen molar-refractivity contribution in [2.24, 2.45) is 11.1 Å². The van der Waals surface area contributed by atoms with E-state index >= 15 is 0 Å². The minimum Gasteiger partial charge on any atom is -0.497 e. The topological polar surface area (TPSA) is 144 Å². The first-order valence-electron chi connectivity index (χ1n) is 16.2. The average molecular weight is 661 g/mol. The average Bonchev–Trinajstić information content (AvgIpc) is 3.66. The lowest BCUT2D eigenvalue weighted by Crippen LogP contribution is -2.55. The molecular formula is C36H44N4O8. The summed E-state index contributed by atoms with van der Waals surface area (Å²) in [6, 6.07) is 11.6. The zero-order chi connectivity index (χ0) is 34.7. The molecule has 1 saturated heterocycles. The summed E-state index contributed by atoms with van der Waals surface area (Å²) in [4.78, 5) is 68.3. The van der Waals surface area contributed by atoms with Crippen LogP contribution in [-0.4, -0.2) is 78.2 Å². The molecule has 1 aliphatic carbocycles. The van der Waals surface area contributed by atoms with Gasteiger partial charge in [0.05, 0.1) is 25.8 Å². The van der Waals surface area contributed by atoms with Gasteiger partial charge in [0.25, 0.3) is 0 Å². The fourth-order valence-corrected chi connectivity index (χ4v) is 5.93. The van der Waals surface area contributed by atoms with Crippen molar-refractivity contribution in [1.82, 2.24) is 15.1 Å².